The maximum atomic E-state index is 13.6. The van der Waals surface area contributed by atoms with Crippen LogP contribution in [0.15, 0.2) is 103 Å². The number of carbonyl (C=O) groups is 1. The first kappa shape index (κ1) is 22.3. The first-order chi connectivity index (χ1) is 15.5. The summed E-state index contributed by atoms with van der Waals surface area (Å²) >= 11 is 6.20. The van der Waals surface area contributed by atoms with Crippen molar-refractivity contribution in [1.29, 1.82) is 0 Å². The van der Waals surface area contributed by atoms with Gasteiger partial charge in [0.2, 0.25) is 0 Å². The Bertz CT molecular complexity index is 1090. The van der Waals surface area contributed by atoms with Crippen LogP contribution in [-0.4, -0.2) is 12.1 Å². The molecule has 4 aromatic carbocycles. The molecule has 0 bridgehead atoms. The number of rotatable bonds is 6. The molecule has 160 valence electrons. The summed E-state index contributed by atoms with van der Waals surface area (Å²) in [4.78, 5) is 13.6. The minimum atomic E-state index is -2.22. The Hall–Kier alpha value is -2.93. The summed E-state index contributed by atoms with van der Waals surface area (Å²) in [7, 11) is -2.22. The molecule has 0 aromatic heterocycles. The van der Waals surface area contributed by atoms with Crippen LogP contribution >= 0.6 is 18.9 Å². The monoisotopic (exact) mass is 458 g/mol. The molecule has 4 heteroatoms. The van der Waals surface area contributed by atoms with Crippen molar-refractivity contribution in [3.05, 3.63) is 119 Å². The first-order valence-electron chi connectivity index (χ1n) is 10.6. The van der Waals surface area contributed by atoms with E-state index in [0.29, 0.717) is 11.2 Å². The van der Waals surface area contributed by atoms with Gasteiger partial charge in [0.1, 0.15) is 23.2 Å². The molecule has 0 atom stereocenters. The van der Waals surface area contributed by atoms with E-state index < -0.39 is 7.26 Å². The zero-order valence-electron chi connectivity index (χ0n) is 18.3. The first-order valence-corrected chi connectivity index (χ1v) is 13.0. The molecule has 0 unspecified atom stereocenters. The zero-order chi connectivity index (χ0) is 22.6. The Kier molecular flexibility index (Phi) is 6.74. The van der Waals surface area contributed by atoms with Crippen molar-refractivity contribution in [3.63, 3.8) is 0 Å². The minimum absolute atomic E-state index is 0.00316. The van der Waals surface area contributed by atoms with E-state index in [4.69, 9.17) is 11.6 Å². The van der Waals surface area contributed by atoms with Crippen LogP contribution in [0.2, 0.25) is 5.02 Å². The van der Waals surface area contributed by atoms with Gasteiger partial charge in [0.25, 0.3) is 5.91 Å². The second-order valence-corrected chi connectivity index (χ2v) is 11.9. The molecule has 0 aliphatic carbocycles. The van der Waals surface area contributed by atoms with Crippen LogP contribution in [0.5, 0.6) is 0 Å². The van der Waals surface area contributed by atoms with E-state index in [0.717, 1.165) is 16.8 Å². The number of halogens is 1. The minimum Gasteiger partial charge on any atom is -0.322 e. The summed E-state index contributed by atoms with van der Waals surface area (Å²) in [5.74, 6) is 0.00316. The molecule has 2 nitrogen and oxygen atoms in total. The Morgan fingerprint density at radius 1 is 0.719 bits per heavy atom. The lowest BCUT2D eigenvalue weighted by Gasteiger charge is -2.27. The second-order valence-electron chi connectivity index (χ2n) is 7.94. The smallest absolute Gasteiger partial charge is 0.263 e. The third-order valence-corrected chi connectivity index (χ3v) is 10.3. The maximum Gasteiger partial charge on any atom is 0.263 e. The highest BCUT2D eigenvalue weighted by atomic mass is 35.5. The predicted molar refractivity (Wildman–Crippen MR) is 140 cm³/mol. The zero-order valence-corrected chi connectivity index (χ0v) is 19.9. The van der Waals surface area contributed by atoms with E-state index in [2.05, 4.69) is 78.1 Å². The van der Waals surface area contributed by atoms with Gasteiger partial charge in [-0.3, -0.25) is 4.79 Å². The van der Waals surface area contributed by atoms with Crippen molar-refractivity contribution >= 4 is 46.4 Å². The largest absolute Gasteiger partial charge is 0.322 e. The lowest BCUT2D eigenvalue weighted by Crippen LogP contribution is -2.37. The van der Waals surface area contributed by atoms with Gasteiger partial charge < -0.3 is 5.32 Å². The van der Waals surface area contributed by atoms with Crippen LogP contribution in [0.1, 0.15) is 11.1 Å². The summed E-state index contributed by atoms with van der Waals surface area (Å²) in [6.45, 7) is 3.95. The van der Waals surface area contributed by atoms with Gasteiger partial charge in [-0.1, -0.05) is 66.2 Å². The molecule has 0 heterocycles. The summed E-state index contributed by atoms with van der Waals surface area (Å²) in [5, 5.41) is 7.45. The molecular weight excluding hydrogens is 433 g/mol. The average Bonchev–Trinajstić information content (AvgIpc) is 2.81. The molecule has 1 N–H and O–H groups in total. The molecule has 4 rings (SSSR count). The molecule has 4 aromatic rings. The predicted octanol–water partition coefficient (Wildman–Crippen LogP) is 5.89. The topological polar surface area (TPSA) is 29.1 Å². The highest BCUT2D eigenvalue weighted by Gasteiger charge is 2.47. The van der Waals surface area contributed by atoms with E-state index in [-0.39, 0.29) is 5.91 Å². The lowest BCUT2D eigenvalue weighted by atomic mass is 10.1. The number of aryl methyl sites for hydroxylation is 2. The fraction of sp³-hybridized carbons (Fsp3) is 0.107. The van der Waals surface area contributed by atoms with Crippen molar-refractivity contribution in [2.75, 3.05) is 11.5 Å². The lowest BCUT2D eigenvalue weighted by molar-refractivity contribution is -0.113. The molecule has 0 saturated carbocycles. The molecular formula is C28H26ClNOP+. The van der Waals surface area contributed by atoms with Gasteiger partial charge in [0, 0.05) is 10.7 Å². The third kappa shape index (κ3) is 4.48. The van der Waals surface area contributed by atoms with Crippen LogP contribution in [0.25, 0.3) is 0 Å². The molecule has 0 aliphatic rings. The molecule has 0 radical (unpaired) electrons. The van der Waals surface area contributed by atoms with Gasteiger partial charge >= 0.3 is 0 Å². The Morgan fingerprint density at radius 3 is 1.47 bits per heavy atom. The van der Waals surface area contributed by atoms with E-state index in [1.54, 1.807) is 0 Å². The van der Waals surface area contributed by atoms with Gasteiger partial charge in [0.05, 0.1) is 0 Å². The van der Waals surface area contributed by atoms with E-state index in [1.807, 2.05) is 44.2 Å². The van der Waals surface area contributed by atoms with E-state index >= 15 is 0 Å². The molecule has 0 aliphatic heterocycles. The molecule has 0 fully saturated rings. The Labute approximate surface area is 195 Å². The number of amides is 1. The van der Waals surface area contributed by atoms with Crippen molar-refractivity contribution < 1.29 is 4.79 Å². The fourth-order valence-electron chi connectivity index (χ4n) is 4.27. The van der Waals surface area contributed by atoms with Crippen molar-refractivity contribution in [2.24, 2.45) is 0 Å². The Balaban J connectivity index is 1.84. The standard InChI is InChI=1S/C28H25ClNOP/c1-21-18-23(29)19-22(2)28(21)30-27(31)20-32(24-12-6-3-7-13-24,25-14-8-4-9-15-25)26-16-10-5-11-17-26/h3-19H,20H2,1-2H3/p+1. The normalized spacial score (nSPS) is 11.2. The van der Waals surface area contributed by atoms with Crippen LogP contribution in [0, 0.1) is 13.8 Å². The fourth-order valence-corrected chi connectivity index (χ4v) is 8.59. The number of carbonyl (C=O) groups excluding carboxylic acids is 1. The van der Waals surface area contributed by atoms with Crippen LogP contribution in [0.3, 0.4) is 0 Å². The second kappa shape index (κ2) is 9.69. The molecule has 32 heavy (non-hydrogen) atoms. The third-order valence-electron chi connectivity index (χ3n) is 5.73. The number of nitrogens with one attached hydrogen (secondary N) is 1. The van der Waals surface area contributed by atoms with Gasteiger partial charge in [0.15, 0.2) is 6.16 Å². The highest BCUT2D eigenvalue weighted by Crippen LogP contribution is 2.55. The van der Waals surface area contributed by atoms with Gasteiger partial charge in [-0.25, -0.2) is 0 Å². The van der Waals surface area contributed by atoms with Crippen molar-refractivity contribution in [2.45, 2.75) is 13.8 Å². The van der Waals surface area contributed by atoms with Gasteiger partial charge in [-0.15, -0.1) is 0 Å². The van der Waals surface area contributed by atoms with Crippen LogP contribution in [0.4, 0.5) is 5.69 Å². The highest BCUT2D eigenvalue weighted by molar-refractivity contribution is 7.96. The number of hydrogen-bond donors (Lipinski definition) is 1. The maximum absolute atomic E-state index is 13.6. The van der Waals surface area contributed by atoms with Crippen LogP contribution < -0.4 is 21.2 Å². The number of benzene rings is 4. The SMILES string of the molecule is Cc1cc(Cl)cc(C)c1NC(=O)C[P+](c1ccccc1)(c1ccccc1)c1ccccc1. The summed E-state index contributed by atoms with van der Waals surface area (Å²) < 4.78 is 0. The van der Waals surface area contributed by atoms with E-state index in [9.17, 15) is 4.79 Å². The number of hydrogen-bond acceptors (Lipinski definition) is 1. The average molecular weight is 459 g/mol. The summed E-state index contributed by atoms with van der Waals surface area (Å²) in [5.41, 5.74) is 2.77. The van der Waals surface area contributed by atoms with Gasteiger partial charge in [-0.05, 0) is 73.5 Å². The summed E-state index contributed by atoms with van der Waals surface area (Å²) in [6, 6.07) is 35.1. The molecule has 0 saturated heterocycles. The van der Waals surface area contributed by atoms with Crippen LogP contribution in [-0.2, 0) is 4.79 Å². The number of anilines is 1. The molecule has 0 spiro atoms. The van der Waals surface area contributed by atoms with Crippen molar-refractivity contribution in [3.8, 4) is 0 Å². The van der Waals surface area contributed by atoms with E-state index in [1.165, 1.54) is 15.9 Å². The van der Waals surface area contributed by atoms with Crippen molar-refractivity contribution in [1.82, 2.24) is 0 Å². The quantitative estimate of drug-likeness (QED) is 0.359. The van der Waals surface area contributed by atoms with Gasteiger partial charge in [-0.2, -0.15) is 0 Å². The molecule has 1 amide bonds. The summed E-state index contributed by atoms with van der Waals surface area (Å²) in [6.07, 6.45) is 0.381. The Morgan fingerprint density at radius 2 is 1.09 bits per heavy atom.